The highest BCUT2D eigenvalue weighted by atomic mass is 35.5. The number of rotatable bonds is 5. The van der Waals surface area contributed by atoms with Crippen molar-refractivity contribution in [1.82, 2.24) is 10.2 Å². The summed E-state index contributed by atoms with van der Waals surface area (Å²) in [4.78, 5) is 26.4. The number of hydrogen-bond donors (Lipinski definition) is 1. The molecule has 0 unspecified atom stereocenters. The average molecular weight is 329 g/mol. The van der Waals surface area contributed by atoms with Crippen LogP contribution in [0, 0.1) is 10.1 Å². The lowest BCUT2D eigenvalue weighted by atomic mass is 10.2. The SMILES string of the molecule is CNCCC(=O)N1CCN(c2ccccc2[N+](=O)[O-])CC1.Cl. The van der Waals surface area contributed by atoms with Gasteiger partial charge in [0.2, 0.25) is 5.91 Å². The number of anilines is 1. The zero-order chi connectivity index (χ0) is 15.2. The highest BCUT2D eigenvalue weighted by molar-refractivity contribution is 5.85. The van der Waals surface area contributed by atoms with Gasteiger partial charge in [-0.05, 0) is 13.1 Å². The first-order valence-electron chi connectivity index (χ1n) is 7.04. The van der Waals surface area contributed by atoms with Crippen LogP contribution in [0.2, 0.25) is 0 Å². The molecule has 1 aromatic carbocycles. The van der Waals surface area contributed by atoms with Crippen molar-refractivity contribution in [1.29, 1.82) is 0 Å². The summed E-state index contributed by atoms with van der Waals surface area (Å²) in [6, 6.07) is 6.74. The Morgan fingerprint density at radius 2 is 1.91 bits per heavy atom. The Labute approximate surface area is 135 Å². The fraction of sp³-hybridized carbons (Fsp3) is 0.500. The third-order valence-electron chi connectivity index (χ3n) is 3.64. The summed E-state index contributed by atoms with van der Waals surface area (Å²) in [5.41, 5.74) is 0.747. The lowest BCUT2D eigenvalue weighted by Crippen LogP contribution is -2.49. The molecule has 8 heteroatoms. The zero-order valence-corrected chi connectivity index (χ0v) is 13.3. The van der Waals surface area contributed by atoms with Crippen LogP contribution in [0.15, 0.2) is 24.3 Å². The van der Waals surface area contributed by atoms with Crippen LogP contribution in [-0.4, -0.2) is 55.5 Å². The number of nitro groups is 1. The Hall–Kier alpha value is -1.86. The highest BCUT2D eigenvalue weighted by Gasteiger charge is 2.24. The van der Waals surface area contributed by atoms with Crippen LogP contribution >= 0.6 is 12.4 Å². The lowest BCUT2D eigenvalue weighted by Gasteiger charge is -2.35. The van der Waals surface area contributed by atoms with Gasteiger partial charge in [0.05, 0.1) is 4.92 Å². The largest absolute Gasteiger partial charge is 0.362 e. The number of carbonyl (C=O) groups excluding carboxylic acids is 1. The minimum absolute atomic E-state index is 0. The molecule has 0 atom stereocenters. The van der Waals surface area contributed by atoms with Gasteiger partial charge in [-0.2, -0.15) is 0 Å². The van der Waals surface area contributed by atoms with Gasteiger partial charge >= 0.3 is 0 Å². The van der Waals surface area contributed by atoms with Gasteiger partial charge in [-0.25, -0.2) is 0 Å². The molecule has 1 amide bonds. The van der Waals surface area contributed by atoms with Crippen LogP contribution in [0.1, 0.15) is 6.42 Å². The van der Waals surface area contributed by atoms with Crippen molar-refractivity contribution < 1.29 is 9.72 Å². The second kappa shape index (κ2) is 8.55. The van der Waals surface area contributed by atoms with E-state index in [1.807, 2.05) is 16.8 Å². The summed E-state index contributed by atoms with van der Waals surface area (Å²) in [7, 11) is 1.82. The Balaban J connectivity index is 0.00000242. The molecule has 0 radical (unpaired) electrons. The predicted molar refractivity (Wildman–Crippen MR) is 87.7 cm³/mol. The first-order chi connectivity index (χ1) is 10.1. The second-order valence-electron chi connectivity index (χ2n) is 4.97. The number of para-hydroxylation sites is 2. The molecular formula is C14H21ClN4O3. The molecule has 1 aliphatic rings. The van der Waals surface area contributed by atoms with Crippen molar-refractivity contribution in [3.05, 3.63) is 34.4 Å². The first kappa shape index (κ1) is 18.2. The molecule has 2 rings (SSSR count). The first-order valence-corrected chi connectivity index (χ1v) is 7.04. The zero-order valence-electron chi connectivity index (χ0n) is 12.5. The number of nitrogens with zero attached hydrogens (tertiary/aromatic N) is 3. The minimum Gasteiger partial charge on any atom is -0.362 e. The topological polar surface area (TPSA) is 78.7 Å². The van der Waals surface area contributed by atoms with Gasteiger partial charge in [-0.1, -0.05) is 12.1 Å². The van der Waals surface area contributed by atoms with Gasteiger partial charge in [-0.15, -0.1) is 12.4 Å². The summed E-state index contributed by atoms with van der Waals surface area (Å²) in [5.74, 6) is 0.131. The molecule has 1 saturated heterocycles. The molecule has 0 saturated carbocycles. The molecule has 1 fully saturated rings. The number of nitro benzene ring substituents is 1. The van der Waals surface area contributed by atoms with E-state index < -0.39 is 0 Å². The van der Waals surface area contributed by atoms with Crippen LogP contribution in [0.4, 0.5) is 11.4 Å². The third kappa shape index (κ3) is 4.32. The third-order valence-corrected chi connectivity index (χ3v) is 3.64. The Morgan fingerprint density at radius 3 is 2.50 bits per heavy atom. The maximum absolute atomic E-state index is 11.9. The van der Waals surface area contributed by atoms with E-state index in [4.69, 9.17) is 0 Å². The molecular weight excluding hydrogens is 308 g/mol. The monoisotopic (exact) mass is 328 g/mol. The lowest BCUT2D eigenvalue weighted by molar-refractivity contribution is -0.384. The fourth-order valence-corrected chi connectivity index (χ4v) is 2.47. The summed E-state index contributed by atoms with van der Waals surface area (Å²) >= 11 is 0. The molecule has 1 aromatic rings. The van der Waals surface area contributed by atoms with E-state index in [-0.39, 0.29) is 28.9 Å². The fourth-order valence-electron chi connectivity index (χ4n) is 2.47. The molecule has 22 heavy (non-hydrogen) atoms. The van der Waals surface area contributed by atoms with Gasteiger partial charge in [0.1, 0.15) is 5.69 Å². The van der Waals surface area contributed by atoms with Crippen LogP contribution < -0.4 is 10.2 Å². The van der Waals surface area contributed by atoms with E-state index in [0.29, 0.717) is 44.8 Å². The molecule has 7 nitrogen and oxygen atoms in total. The average Bonchev–Trinajstić information content (AvgIpc) is 2.52. The van der Waals surface area contributed by atoms with E-state index in [1.54, 1.807) is 18.2 Å². The number of hydrogen-bond acceptors (Lipinski definition) is 5. The smallest absolute Gasteiger partial charge is 0.292 e. The number of carbonyl (C=O) groups is 1. The number of piperazine rings is 1. The van der Waals surface area contributed by atoms with Crippen LogP contribution in [0.5, 0.6) is 0 Å². The van der Waals surface area contributed by atoms with Crippen LogP contribution in [0.3, 0.4) is 0 Å². The van der Waals surface area contributed by atoms with Crippen molar-refractivity contribution >= 4 is 29.7 Å². The van der Waals surface area contributed by atoms with E-state index in [0.717, 1.165) is 0 Å². The molecule has 122 valence electrons. The van der Waals surface area contributed by atoms with Crippen molar-refractivity contribution in [2.24, 2.45) is 0 Å². The van der Waals surface area contributed by atoms with Gasteiger partial charge in [-0.3, -0.25) is 14.9 Å². The van der Waals surface area contributed by atoms with E-state index in [2.05, 4.69) is 5.32 Å². The molecule has 1 N–H and O–H groups in total. The quantitative estimate of drug-likeness (QED) is 0.650. The van der Waals surface area contributed by atoms with Crippen LogP contribution in [0.25, 0.3) is 0 Å². The molecule has 1 heterocycles. The van der Waals surface area contributed by atoms with Crippen LogP contribution in [-0.2, 0) is 4.79 Å². The van der Waals surface area contributed by atoms with Crippen molar-refractivity contribution in [3.8, 4) is 0 Å². The Kier molecular flexibility index (Phi) is 7.07. The van der Waals surface area contributed by atoms with Crippen molar-refractivity contribution in [2.75, 3.05) is 44.7 Å². The molecule has 0 aliphatic carbocycles. The number of halogens is 1. The summed E-state index contributed by atoms with van der Waals surface area (Å²) in [6.07, 6.45) is 0.488. The molecule has 0 spiro atoms. The predicted octanol–water partition coefficient (Wildman–Crippen LogP) is 1.27. The van der Waals surface area contributed by atoms with Gasteiger partial charge in [0, 0.05) is 45.2 Å². The summed E-state index contributed by atoms with van der Waals surface area (Å²) in [6.45, 7) is 3.12. The maximum Gasteiger partial charge on any atom is 0.292 e. The van der Waals surface area contributed by atoms with E-state index >= 15 is 0 Å². The van der Waals surface area contributed by atoms with Gasteiger partial charge < -0.3 is 15.1 Å². The highest BCUT2D eigenvalue weighted by Crippen LogP contribution is 2.28. The molecule has 0 bridgehead atoms. The number of amides is 1. The van der Waals surface area contributed by atoms with Crippen molar-refractivity contribution in [3.63, 3.8) is 0 Å². The summed E-state index contributed by atoms with van der Waals surface area (Å²) < 4.78 is 0. The number of benzene rings is 1. The number of nitrogens with one attached hydrogen (secondary N) is 1. The van der Waals surface area contributed by atoms with Crippen molar-refractivity contribution in [2.45, 2.75) is 6.42 Å². The Bertz CT molecular complexity index is 519. The molecule has 0 aromatic heterocycles. The maximum atomic E-state index is 11.9. The van der Waals surface area contributed by atoms with E-state index in [1.165, 1.54) is 6.07 Å². The standard InChI is InChI=1S/C14H20N4O3.ClH/c1-15-7-6-14(19)17-10-8-16(9-11-17)12-4-2-3-5-13(12)18(20)21;/h2-5,15H,6-11H2,1H3;1H. The van der Waals surface area contributed by atoms with Gasteiger partial charge in [0.15, 0.2) is 0 Å². The van der Waals surface area contributed by atoms with Gasteiger partial charge in [0.25, 0.3) is 5.69 Å². The second-order valence-corrected chi connectivity index (χ2v) is 4.97. The summed E-state index contributed by atoms with van der Waals surface area (Å²) in [5, 5.41) is 14.0. The minimum atomic E-state index is -0.361. The van der Waals surface area contributed by atoms with E-state index in [9.17, 15) is 14.9 Å². The Morgan fingerprint density at radius 1 is 1.27 bits per heavy atom. The normalized spacial score (nSPS) is 14.4. The molecule has 1 aliphatic heterocycles.